The van der Waals surface area contributed by atoms with Gasteiger partial charge in [0, 0.05) is 29.2 Å². The lowest BCUT2D eigenvalue weighted by Gasteiger charge is -2.29. The summed E-state index contributed by atoms with van der Waals surface area (Å²) in [5.74, 6) is 0.710. The van der Waals surface area contributed by atoms with E-state index in [1.807, 2.05) is 26.0 Å². The first-order valence-electron chi connectivity index (χ1n) is 10.1. The topological polar surface area (TPSA) is 59.7 Å². The molecule has 0 unspecified atom stereocenters. The van der Waals surface area contributed by atoms with Gasteiger partial charge in [-0.15, -0.1) is 0 Å². The Morgan fingerprint density at radius 2 is 1.93 bits per heavy atom. The van der Waals surface area contributed by atoms with E-state index in [4.69, 9.17) is 9.72 Å². The molecule has 0 amide bonds. The lowest BCUT2D eigenvalue weighted by molar-refractivity contribution is 0.122. The molecular formula is C23H25BrN4O2. The van der Waals surface area contributed by atoms with Crippen LogP contribution in [-0.4, -0.2) is 42.2 Å². The zero-order chi connectivity index (χ0) is 21.3. The van der Waals surface area contributed by atoms with Crippen LogP contribution in [0, 0.1) is 6.92 Å². The van der Waals surface area contributed by atoms with Crippen molar-refractivity contribution in [1.82, 2.24) is 9.66 Å². The summed E-state index contributed by atoms with van der Waals surface area (Å²) in [6, 6.07) is 11.9. The Morgan fingerprint density at radius 1 is 1.17 bits per heavy atom. The van der Waals surface area contributed by atoms with Gasteiger partial charge in [0.05, 0.1) is 30.3 Å². The number of hydrogen-bond acceptors (Lipinski definition) is 5. The smallest absolute Gasteiger partial charge is 0.282 e. The van der Waals surface area contributed by atoms with E-state index in [-0.39, 0.29) is 11.5 Å². The molecule has 2 aromatic carbocycles. The average molecular weight is 469 g/mol. The summed E-state index contributed by atoms with van der Waals surface area (Å²) in [5, 5.41) is 5.09. The molecule has 0 aliphatic carbocycles. The highest BCUT2D eigenvalue weighted by atomic mass is 79.9. The summed E-state index contributed by atoms with van der Waals surface area (Å²) in [6.45, 7) is 9.41. The maximum atomic E-state index is 13.1. The summed E-state index contributed by atoms with van der Waals surface area (Å²) in [7, 11) is 0. The minimum Gasteiger partial charge on any atom is -0.378 e. The molecule has 6 nitrogen and oxygen atoms in total. The number of anilines is 1. The highest BCUT2D eigenvalue weighted by Crippen LogP contribution is 2.21. The average Bonchev–Trinajstić information content (AvgIpc) is 2.74. The van der Waals surface area contributed by atoms with Crippen LogP contribution in [0.15, 0.2) is 50.8 Å². The fraction of sp³-hybridized carbons (Fsp3) is 0.348. The first-order valence-corrected chi connectivity index (χ1v) is 10.9. The second-order valence-corrected chi connectivity index (χ2v) is 8.70. The zero-order valence-electron chi connectivity index (χ0n) is 17.4. The number of fused-ring (bicyclic) bond motifs is 1. The molecule has 0 atom stereocenters. The van der Waals surface area contributed by atoms with E-state index in [0.717, 1.165) is 41.9 Å². The first kappa shape index (κ1) is 20.8. The lowest BCUT2D eigenvalue weighted by Crippen LogP contribution is -2.36. The number of halogens is 1. The molecule has 156 valence electrons. The van der Waals surface area contributed by atoms with E-state index >= 15 is 0 Å². The fourth-order valence-corrected chi connectivity index (χ4v) is 3.96. The van der Waals surface area contributed by atoms with Gasteiger partial charge in [-0.25, -0.2) is 4.98 Å². The maximum absolute atomic E-state index is 13.1. The van der Waals surface area contributed by atoms with Gasteiger partial charge in [0.1, 0.15) is 5.82 Å². The third kappa shape index (κ3) is 4.18. The van der Waals surface area contributed by atoms with Crippen LogP contribution in [0.4, 0.5) is 5.69 Å². The Morgan fingerprint density at radius 3 is 2.63 bits per heavy atom. The van der Waals surface area contributed by atoms with Crippen LogP contribution < -0.4 is 10.5 Å². The Bertz CT molecular complexity index is 1160. The van der Waals surface area contributed by atoms with Crippen LogP contribution in [0.1, 0.15) is 36.7 Å². The van der Waals surface area contributed by atoms with Gasteiger partial charge in [-0.2, -0.15) is 9.78 Å². The number of morpholine rings is 1. The normalized spacial score (nSPS) is 14.9. The Balaban J connectivity index is 1.72. The molecule has 0 N–H and O–H groups in total. The molecule has 0 saturated carbocycles. The van der Waals surface area contributed by atoms with Crippen LogP contribution in [0.2, 0.25) is 0 Å². The van der Waals surface area contributed by atoms with Crippen molar-refractivity contribution in [2.24, 2.45) is 5.10 Å². The van der Waals surface area contributed by atoms with Crippen LogP contribution in [0.25, 0.3) is 10.9 Å². The predicted molar refractivity (Wildman–Crippen MR) is 125 cm³/mol. The van der Waals surface area contributed by atoms with Crippen LogP contribution in [-0.2, 0) is 4.74 Å². The number of hydrogen-bond donors (Lipinski definition) is 0. The highest BCUT2D eigenvalue weighted by molar-refractivity contribution is 9.10. The molecule has 4 rings (SSSR count). The Hall–Kier alpha value is -2.51. The molecule has 1 aromatic heterocycles. The molecule has 1 aliphatic rings. The quantitative estimate of drug-likeness (QED) is 0.535. The third-order valence-electron chi connectivity index (χ3n) is 5.29. The van der Waals surface area contributed by atoms with E-state index in [2.05, 4.69) is 51.1 Å². The van der Waals surface area contributed by atoms with Gasteiger partial charge >= 0.3 is 0 Å². The number of benzene rings is 2. The molecular weight excluding hydrogens is 444 g/mol. The molecule has 0 bridgehead atoms. The maximum Gasteiger partial charge on any atom is 0.282 e. The number of aryl methyl sites for hydroxylation is 1. The minimum atomic E-state index is -0.163. The van der Waals surface area contributed by atoms with Crippen molar-refractivity contribution in [3.05, 3.63) is 68.2 Å². The standard InChI is InChI=1S/C23H25BrN4O2/c1-15(2)22-26-21-7-5-18(24)13-20(21)23(29)28(22)25-14-17-4-6-19(12-16(17)3)27-8-10-30-11-9-27/h4-7,12-15H,8-11H2,1-3H3. The highest BCUT2D eigenvalue weighted by Gasteiger charge is 2.14. The summed E-state index contributed by atoms with van der Waals surface area (Å²) in [4.78, 5) is 20.2. The van der Waals surface area contributed by atoms with E-state index in [1.165, 1.54) is 10.4 Å². The molecule has 1 fully saturated rings. The zero-order valence-corrected chi connectivity index (χ0v) is 19.0. The second kappa shape index (κ2) is 8.70. The fourth-order valence-electron chi connectivity index (χ4n) is 3.59. The van der Waals surface area contributed by atoms with Crippen LogP contribution in [0.3, 0.4) is 0 Å². The van der Waals surface area contributed by atoms with E-state index < -0.39 is 0 Å². The largest absolute Gasteiger partial charge is 0.378 e. The van der Waals surface area contributed by atoms with Crippen molar-refractivity contribution >= 4 is 38.7 Å². The van der Waals surface area contributed by atoms with Gasteiger partial charge in [-0.1, -0.05) is 35.8 Å². The van der Waals surface area contributed by atoms with E-state index in [0.29, 0.717) is 16.7 Å². The molecule has 1 saturated heterocycles. The van der Waals surface area contributed by atoms with Gasteiger partial charge in [-0.05, 0) is 48.4 Å². The number of ether oxygens (including phenoxy) is 1. The van der Waals surface area contributed by atoms with Crippen molar-refractivity contribution < 1.29 is 4.74 Å². The third-order valence-corrected chi connectivity index (χ3v) is 5.78. The van der Waals surface area contributed by atoms with Crippen LogP contribution >= 0.6 is 15.9 Å². The van der Waals surface area contributed by atoms with E-state index in [1.54, 1.807) is 12.3 Å². The molecule has 1 aliphatic heterocycles. The summed E-state index contributed by atoms with van der Waals surface area (Å²) >= 11 is 3.44. The van der Waals surface area contributed by atoms with Crippen LogP contribution in [0.5, 0.6) is 0 Å². The van der Waals surface area contributed by atoms with Gasteiger partial charge in [-0.3, -0.25) is 4.79 Å². The summed E-state index contributed by atoms with van der Waals surface area (Å²) in [6.07, 6.45) is 1.75. The predicted octanol–water partition coefficient (Wildman–Crippen LogP) is 4.31. The second-order valence-electron chi connectivity index (χ2n) is 7.79. The molecule has 2 heterocycles. The van der Waals surface area contributed by atoms with Crippen molar-refractivity contribution in [2.45, 2.75) is 26.7 Å². The van der Waals surface area contributed by atoms with Gasteiger partial charge in [0.2, 0.25) is 0 Å². The lowest BCUT2D eigenvalue weighted by atomic mass is 10.1. The van der Waals surface area contributed by atoms with Gasteiger partial charge < -0.3 is 9.64 Å². The Kier molecular flexibility index (Phi) is 6.01. The first-order chi connectivity index (χ1) is 14.4. The minimum absolute atomic E-state index is 0.0627. The van der Waals surface area contributed by atoms with E-state index in [9.17, 15) is 4.79 Å². The van der Waals surface area contributed by atoms with Gasteiger partial charge in [0.15, 0.2) is 0 Å². The molecule has 3 aromatic rings. The molecule has 7 heteroatoms. The van der Waals surface area contributed by atoms with Gasteiger partial charge in [0.25, 0.3) is 5.56 Å². The number of aromatic nitrogens is 2. The van der Waals surface area contributed by atoms with Crippen molar-refractivity contribution in [2.75, 3.05) is 31.2 Å². The number of rotatable bonds is 4. The molecule has 0 spiro atoms. The van der Waals surface area contributed by atoms with Crippen molar-refractivity contribution in [3.8, 4) is 0 Å². The monoisotopic (exact) mass is 468 g/mol. The molecule has 0 radical (unpaired) electrons. The summed E-state index contributed by atoms with van der Waals surface area (Å²) in [5.41, 5.74) is 3.79. The number of nitrogens with zero attached hydrogens (tertiary/aromatic N) is 4. The summed E-state index contributed by atoms with van der Waals surface area (Å²) < 4.78 is 7.71. The molecule has 30 heavy (non-hydrogen) atoms. The van der Waals surface area contributed by atoms with Crippen molar-refractivity contribution in [1.29, 1.82) is 0 Å². The van der Waals surface area contributed by atoms with Crippen molar-refractivity contribution in [3.63, 3.8) is 0 Å². The SMILES string of the molecule is Cc1cc(N2CCOCC2)ccc1C=Nn1c(C(C)C)nc2ccc(Br)cc2c1=O. The Labute approximate surface area is 184 Å².